The van der Waals surface area contributed by atoms with Crippen LogP contribution in [0.15, 0.2) is 64.0 Å². The third-order valence-electron chi connectivity index (χ3n) is 10.1. The summed E-state index contributed by atoms with van der Waals surface area (Å²) in [4.78, 5) is 0. The predicted octanol–water partition coefficient (Wildman–Crippen LogP) is 8.31. The van der Waals surface area contributed by atoms with Crippen molar-refractivity contribution < 1.29 is 17.4 Å². The Morgan fingerprint density at radius 3 is 1.94 bits per heavy atom. The van der Waals surface area contributed by atoms with Gasteiger partial charge in [-0.15, -0.1) is 24.8 Å². The number of allylic oxidation sites excluding steroid dienone is 4. The van der Waals surface area contributed by atoms with Crippen LogP contribution >= 0.6 is 24.8 Å². The zero-order valence-electron chi connectivity index (χ0n) is 20.4. The van der Waals surface area contributed by atoms with E-state index in [0.717, 1.165) is 7.25 Å². The molecule has 2 fully saturated rings. The summed E-state index contributed by atoms with van der Waals surface area (Å²) in [7, 11) is 0. The van der Waals surface area contributed by atoms with E-state index in [0.29, 0.717) is 0 Å². The Bertz CT molecular complexity index is 1140. The molecule has 0 amide bonds. The normalized spacial score (nSPS) is 20.7. The van der Waals surface area contributed by atoms with Crippen LogP contribution in [0, 0.1) is 0 Å². The quantitative estimate of drug-likeness (QED) is 0.268. The number of hydrogen-bond donors (Lipinski definition) is 0. The Morgan fingerprint density at radius 1 is 0.706 bits per heavy atom. The zero-order valence-corrected chi connectivity index (χ0v) is 25.9. The Kier molecular flexibility index (Phi) is 8.26. The van der Waals surface area contributed by atoms with Crippen molar-refractivity contribution >= 4 is 35.0 Å². The minimum atomic E-state index is -3.60. The van der Waals surface area contributed by atoms with Crippen molar-refractivity contribution in [2.45, 2.75) is 84.3 Å². The molecule has 182 valence electrons. The third kappa shape index (κ3) is 3.86. The number of benzene rings is 2. The SMILES string of the molecule is Cl.Cl.[SiH2]=[Zr]([C]1=CC=CC1)([c]1cccc2c1Cc1ccccc1-2)([CH]1CCCCC1)[CH]1CCCCC1. The molecule has 0 atom stereocenters. The van der Waals surface area contributed by atoms with Crippen LogP contribution in [0.2, 0.25) is 7.25 Å². The molecule has 2 aromatic carbocycles. The standard InChI is InChI=1S/C13H9.2C6H11.C5H5.2ClH.H2Si.Zr/c1-3-7-12-10(5-1)9-11-6-2-4-8-13(11)12;2*1-2-4-6-5-3-1;1-2-4-5-3-1;;;;/h1-5,7-8H,9H2;2*1H,2-6H2;1-3H,4H2;2*1H;1H2;. The maximum absolute atomic E-state index is 3.60. The summed E-state index contributed by atoms with van der Waals surface area (Å²) in [5.41, 5.74) is 6.40. The Labute approximate surface area is 221 Å². The van der Waals surface area contributed by atoms with Gasteiger partial charge in [0.25, 0.3) is 0 Å². The summed E-state index contributed by atoms with van der Waals surface area (Å²) in [5, 5.41) is 0. The van der Waals surface area contributed by atoms with Gasteiger partial charge in [-0.05, 0) is 0 Å². The van der Waals surface area contributed by atoms with Crippen LogP contribution in [0.1, 0.15) is 81.8 Å². The molecule has 2 saturated carbocycles. The Morgan fingerprint density at radius 2 is 1.32 bits per heavy atom. The first kappa shape index (κ1) is 26.7. The first-order chi connectivity index (χ1) is 15.7. The molecule has 4 heteroatoms. The van der Waals surface area contributed by atoms with Gasteiger partial charge in [0, 0.05) is 0 Å². The molecular formula is C30H40Cl2SiZr. The molecule has 0 bridgehead atoms. The fourth-order valence-electron chi connectivity index (χ4n) is 8.59. The molecule has 0 nitrogen and oxygen atoms in total. The molecule has 0 heterocycles. The Hall–Kier alpha value is -0.400. The molecule has 0 saturated heterocycles. The van der Waals surface area contributed by atoms with E-state index >= 15 is 0 Å². The predicted molar refractivity (Wildman–Crippen MR) is 153 cm³/mol. The van der Waals surface area contributed by atoms with Crippen molar-refractivity contribution in [1.29, 1.82) is 0 Å². The molecule has 0 unspecified atom stereocenters. The Balaban J connectivity index is 0.00000137. The molecule has 6 rings (SSSR count). The fourth-order valence-corrected chi connectivity index (χ4v) is 38.8. The van der Waals surface area contributed by atoms with Crippen molar-refractivity contribution in [2.24, 2.45) is 0 Å². The van der Waals surface area contributed by atoms with Crippen LogP contribution in [0.25, 0.3) is 11.1 Å². The summed E-state index contributed by atoms with van der Waals surface area (Å²) in [5.74, 6) is 0. The average molecular weight is 591 g/mol. The van der Waals surface area contributed by atoms with Crippen LogP contribution in [-0.2, 0) is 23.8 Å². The molecule has 4 aliphatic carbocycles. The van der Waals surface area contributed by atoms with Gasteiger partial charge in [-0.3, -0.25) is 0 Å². The van der Waals surface area contributed by atoms with Gasteiger partial charge in [-0.1, -0.05) is 0 Å². The molecule has 0 N–H and O–H groups in total. The molecule has 2 aromatic rings. The van der Waals surface area contributed by atoms with E-state index in [-0.39, 0.29) is 24.8 Å². The minimum absolute atomic E-state index is 0. The number of fused-ring (bicyclic) bond motifs is 3. The van der Waals surface area contributed by atoms with Crippen LogP contribution < -0.4 is 3.27 Å². The van der Waals surface area contributed by atoms with Crippen LogP contribution in [0.3, 0.4) is 0 Å². The topological polar surface area (TPSA) is 0 Å². The van der Waals surface area contributed by atoms with Crippen LogP contribution in [0.4, 0.5) is 0 Å². The van der Waals surface area contributed by atoms with Gasteiger partial charge < -0.3 is 0 Å². The van der Waals surface area contributed by atoms with Gasteiger partial charge in [0.05, 0.1) is 0 Å². The molecule has 4 aliphatic rings. The fraction of sp³-hybridized carbons (Fsp3) is 0.467. The zero-order chi connectivity index (χ0) is 21.6. The van der Waals surface area contributed by atoms with E-state index in [4.69, 9.17) is 0 Å². The van der Waals surface area contributed by atoms with Gasteiger partial charge in [0.1, 0.15) is 0 Å². The third-order valence-corrected chi connectivity index (χ3v) is 42.8. The van der Waals surface area contributed by atoms with Gasteiger partial charge in [0.15, 0.2) is 0 Å². The van der Waals surface area contributed by atoms with Crippen molar-refractivity contribution in [3.8, 4) is 11.1 Å². The number of halogens is 2. The second kappa shape index (κ2) is 10.5. The van der Waals surface area contributed by atoms with Crippen LogP contribution in [0.5, 0.6) is 0 Å². The van der Waals surface area contributed by atoms with E-state index in [1.807, 2.05) is 6.55 Å². The van der Waals surface area contributed by atoms with Crippen molar-refractivity contribution in [1.82, 2.24) is 0 Å². The van der Waals surface area contributed by atoms with E-state index in [1.165, 1.54) is 82.6 Å². The van der Waals surface area contributed by atoms with E-state index in [1.54, 1.807) is 16.7 Å². The van der Waals surface area contributed by atoms with E-state index in [2.05, 4.69) is 67.6 Å². The maximum atomic E-state index is 2.67. The molecule has 0 radical (unpaired) electrons. The second-order valence-corrected chi connectivity index (χ2v) is 35.2. The first-order valence-corrected chi connectivity index (χ1v) is 24.5. The van der Waals surface area contributed by atoms with Gasteiger partial charge >= 0.3 is 198 Å². The molecule has 0 aliphatic heterocycles. The summed E-state index contributed by atoms with van der Waals surface area (Å²) in [6.07, 6.45) is 24.8. The van der Waals surface area contributed by atoms with E-state index < -0.39 is 17.4 Å². The summed E-state index contributed by atoms with van der Waals surface area (Å²) in [6, 6.07) is 16.8. The van der Waals surface area contributed by atoms with Gasteiger partial charge in [0.2, 0.25) is 0 Å². The van der Waals surface area contributed by atoms with Crippen molar-refractivity contribution in [3.63, 3.8) is 0 Å². The number of hydrogen-bond acceptors (Lipinski definition) is 0. The average Bonchev–Trinajstić information content (AvgIpc) is 3.54. The van der Waals surface area contributed by atoms with Crippen molar-refractivity contribution in [2.75, 3.05) is 0 Å². The van der Waals surface area contributed by atoms with Crippen molar-refractivity contribution in [3.05, 3.63) is 75.1 Å². The summed E-state index contributed by atoms with van der Waals surface area (Å²) < 4.78 is 5.83. The van der Waals surface area contributed by atoms with Gasteiger partial charge in [-0.2, -0.15) is 0 Å². The summed E-state index contributed by atoms with van der Waals surface area (Å²) >= 11 is -3.60. The molecule has 0 spiro atoms. The second-order valence-electron chi connectivity index (χ2n) is 11.3. The number of rotatable bonds is 4. The molecule has 0 aromatic heterocycles. The van der Waals surface area contributed by atoms with Crippen LogP contribution in [-0.4, -0.2) is 6.88 Å². The molecule has 34 heavy (non-hydrogen) atoms. The van der Waals surface area contributed by atoms with E-state index in [9.17, 15) is 0 Å². The summed E-state index contributed by atoms with van der Waals surface area (Å²) in [6.45, 7) is 2.67. The first-order valence-electron chi connectivity index (χ1n) is 13.3. The van der Waals surface area contributed by atoms with Gasteiger partial charge in [-0.25, -0.2) is 0 Å². The monoisotopic (exact) mass is 588 g/mol. The molecular weight excluding hydrogens is 551 g/mol.